The lowest BCUT2D eigenvalue weighted by molar-refractivity contribution is -0.115. The maximum Gasteiger partial charge on any atom is 0.341 e. The number of ether oxygens (including phenoxy) is 2. The van der Waals surface area contributed by atoms with Gasteiger partial charge < -0.3 is 19.4 Å². The van der Waals surface area contributed by atoms with E-state index in [-0.39, 0.29) is 29.9 Å². The van der Waals surface area contributed by atoms with Crippen LogP contribution in [0.3, 0.4) is 0 Å². The zero-order valence-corrected chi connectivity index (χ0v) is 24.7. The van der Waals surface area contributed by atoms with Crippen LogP contribution in [0.15, 0.2) is 27.7 Å². The predicted octanol–water partition coefficient (Wildman–Crippen LogP) is 5.03. The molecule has 0 saturated heterocycles. The molecule has 2 aromatic heterocycles. The number of fused-ring (bicyclic) bond motifs is 2. The average Bonchev–Trinajstić information content (AvgIpc) is 3.52. The maximum absolute atomic E-state index is 12.7. The summed E-state index contributed by atoms with van der Waals surface area (Å²) in [6.07, 6.45) is 2.73. The zero-order chi connectivity index (χ0) is 26.4. The number of carbonyl (C=O) groups is 3. The normalized spacial score (nSPS) is 13.2. The van der Waals surface area contributed by atoms with Gasteiger partial charge in [-0.15, -0.1) is 23.1 Å². The van der Waals surface area contributed by atoms with E-state index in [1.807, 2.05) is 29.7 Å². The molecule has 3 aromatic rings. The van der Waals surface area contributed by atoms with E-state index < -0.39 is 5.97 Å². The maximum atomic E-state index is 12.7. The van der Waals surface area contributed by atoms with Gasteiger partial charge in [0.25, 0.3) is 5.91 Å². The van der Waals surface area contributed by atoms with E-state index in [1.54, 1.807) is 6.92 Å². The highest BCUT2D eigenvalue weighted by molar-refractivity contribution is 9.10. The number of thiophene rings is 1. The van der Waals surface area contributed by atoms with Gasteiger partial charge >= 0.3 is 5.97 Å². The highest BCUT2D eigenvalue weighted by Crippen LogP contribution is 2.39. The molecule has 2 heterocycles. The monoisotopic (exact) mass is 625 g/mol. The van der Waals surface area contributed by atoms with E-state index >= 15 is 0 Å². The molecule has 198 valence electrons. The van der Waals surface area contributed by atoms with Crippen LogP contribution in [0.25, 0.3) is 10.2 Å². The lowest BCUT2D eigenvalue weighted by Gasteiger charge is -2.07. The van der Waals surface area contributed by atoms with Crippen molar-refractivity contribution in [2.75, 3.05) is 36.6 Å². The van der Waals surface area contributed by atoms with Crippen molar-refractivity contribution in [3.8, 4) is 0 Å². The first-order valence-electron chi connectivity index (χ1n) is 12.0. The summed E-state index contributed by atoms with van der Waals surface area (Å²) in [5.41, 5.74) is 2.47. The Kier molecular flexibility index (Phi) is 9.99. The molecular formula is C25H28BrN3O5S3. The molecule has 1 aliphatic carbocycles. The number of halogens is 1. The Morgan fingerprint density at radius 3 is 2.78 bits per heavy atom. The Balaban J connectivity index is 1.39. The van der Waals surface area contributed by atoms with Gasteiger partial charge in [-0.1, -0.05) is 27.3 Å². The second-order valence-corrected chi connectivity index (χ2v) is 12.2. The largest absolute Gasteiger partial charge is 0.462 e. The van der Waals surface area contributed by atoms with Crippen molar-refractivity contribution in [1.29, 1.82) is 0 Å². The molecule has 1 aliphatic rings. The van der Waals surface area contributed by atoms with Crippen molar-refractivity contribution in [2.24, 2.45) is 4.99 Å². The number of thiazole rings is 1. The molecule has 0 radical (unpaired) electrons. The van der Waals surface area contributed by atoms with Gasteiger partial charge in [-0.25, -0.2) is 4.79 Å². The van der Waals surface area contributed by atoms with Gasteiger partial charge in [0.2, 0.25) is 5.91 Å². The standard InChI is InChI=1S/C25H28BrN3O5S3/c1-3-33-11-10-29-17-9-8-15(26)12-19(17)37-25(29)28-21(31)14-35-13-20(30)27-23-22(24(32)34-4-2)16-6-5-7-18(16)36-23/h8-9,12H,3-7,10-11,13-14H2,1-2H3,(H,27,30). The number of hydrogen-bond donors (Lipinski definition) is 1. The molecule has 0 aliphatic heterocycles. The molecule has 2 amide bonds. The number of anilines is 1. The molecule has 4 rings (SSSR count). The number of nitrogens with zero attached hydrogens (tertiary/aromatic N) is 2. The third-order valence-electron chi connectivity index (χ3n) is 5.64. The van der Waals surface area contributed by atoms with Crippen LogP contribution in [0.1, 0.15) is 41.1 Å². The van der Waals surface area contributed by atoms with E-state index in [4.69, 9.17) is 9.47 Å². The fourth-order valence-electron chi connectivity index (χ4n) is 4.09. The minimum atomic E-state index is -0.396. The van der Waals surface area contributed by atoms with Crippen LogP contribution in [-0.4, -0.2) is 53.7 Å². The highest BCUT2D eigenvalue weighted by Gasteiger charge is 2.28. The first kappa shape index (κ1) is 28.0. The lowest BCUT2D eigenvalue weighted by atomic mass is 10.1. The van der Waals surface area contributed by atoms with Crippen LogP contribution in [0.5, 0.6) is 0 Å². The van der Waals surface area contributed by atoms with Crippen molar-refractivity contribution >= 4 is 83.4 Å². The molecule has 37 heavy (non-hydrogen) atoms. The third-order valence-corrected chi connectivity index (χ3v) is 9.30. The fraction of sp³-hybridized carbons (Fsp3) is 0.440. The van der Waals surface area contributed by atoms with Crippen LogP contribution in [0.2, 0.25) is 0 Å². The molecule has 1 N–H and O–H groups in total. The molecule has 0 saturated carbocycles. The van der Waals surface area contributed by atoms with E-state index in [9.17, 15) is 14.4 Å². The number of hydrogen-bond acceptors (Lipinski definition) is 8. The Morgan fingerprint density at radius 2 is 2.00 bits per heavy atom. The number of esters is 1. The molecule has 12 heteroatoms. The second kappa shape index (κ2) is 13.2. The number of carbonyl (C=O) groups excluding carboxylic acids is 3. The Bertz CT molecular complexity index is 1380. The van der Waals surface area contributed by atoms with E-state index in [0.717, 1.165) is 44.4 Å². The van der Waals surface area contributed by atoms with Gasteiger partial charge in [-0.3, -0.25) is 9.59 Å². The van der Waals surface area contributed by atoms with Crippen LogP contribution in [0, 0.1) is 0 Å². The minimum Gasteiger partial charge on any atom is -0.462 e. The fourth-order valence-corrected chi connectivity index (χ4v) is 7.61. The summed E-state index contributed by atoms with van der Waals surface area (Å²) in [5, 5.41) is 3.40. The first-order chi connectivity index (χ1) is 17.9. The topological polar surface area (TPSA) is 99.0 Å². The van der Waals surface area contributed by atoms with E-state index in [2.05, 4.69) is 26.2 Å². The van der Waals surface area contributed by atoms with E-state index in [1.165, 1.54) is 34.4 Å². The molecular weight excluding hydrogens is 598 g/mol. The molecule has 0 bridgehead atoms. The first-order valence-corrected chi connectivity index (χ1v) is 15.6. The summed E-state index contributed by atoms with van der Waals surface area (Å²) < 4.78 is 14.7. The van der Waals surface area contributed by atoms with Gasteiger partial charge in [0, 0.05) is 22.5 Å². The summed E-state index contributed by atoms with van der Waals surface area (Å²) in [6, 6.07) is 5.96. The predicted molar refractivity (Wildman–Crippen MR) is 153 cm³/mol. The molecule has 0 unspecified atom stereocenters. The number of thioether (sulfide) groups is 1. The number of rotatable bonds is 11. The molecule has 8 nitrogen and oxygen atoms in total. The summed E-state index contributed by atoms with van der Waals surface area (Å²) in [6.45, 7) is 5.71. The minimum absolute atomic E-state index is 0.0719. The van der Waals surface area contributed by atoms with Crippen molar-refractivity contribution in [1.82, 2.24) is 4.57 Å². The third kappa shape index (κ3) is 6.91. The SMILES string of the molecule is CCOCCn1c(=NC(=O)CSCC(=O)Nc2sc3c(c2C(=O)OCC)CCC3)sc2cc(Br)ccc21. The van der Waals surface area contributed by atoms with E-state index in [0.29, 0.717) is 35.1 Å². The van der Waals surface area contributed by atoms with Gasteiger partial charge in [0.15, 0.2) is 4.80 Å². The van der Waals surface area contributed by atoms with Crippen LogP contribution < -0.4 is 10.1 Å². The summed E-state index contributed by atoms with van der Waals surface area (Å²) in [4.78, 5) is 43.9. The summed E-state index contributed by atoms with van der Waals surface area (Å²) in [7, 11) is 0. The van der Waals surface area contributed by atoms with Crippen molar-refractivity contribution in [3.05, 3.63) is 43.5 Å². The Labute approximate surface area is 235 Å². The molecule has 0 fully saturated rings. The Morgan fingerprint density at radius 1 is 1.16 bits per heavy atom. The van der Waals surface area contributed by atoms with Gasteiger partial charge in [0.1, 0.15) is 5.00 Å². The van der Waals surface area contributed by atoms with Crippen LogP contribution in [-0.2, 0) is 38.4 Å². The number of nitrogens with one attached hydrogen (secondary N) is 1. The zero-order valence-electron chi connectivity index (χ0n) is 20.6. The number of aromatic nitrogens is 1. The highest BCUT2D eigenvalue weighted by atomic mass is 79.9. The lowest BCUT2D eigenvalue weighted by Crippen LogP contribution is -2.20. The smallest absolute Gasteiger partial charge is 0.341 e. The van der Waals surface area contributed by atoms with Crippen LogP contribution >= 0.6 is 50.4 Å². The van der Waals surface area contributed by atoms with Crippen molar-refractivity contribution < 1.29 is 23.9 Å². The number of aryl methyl sites for hydroxylation is 1. The average molecular weight is 627 g/mol. The van der Waals surface area contributed by atoms with Gasteiger partial charge in [-0.05, 0) is 56.9 Å². The summed E-state index contributed by atoms with van der Waals surface area (Å²) in [5.74, 6) is -0.817. The molecule has 0 spiro atoms. The van der Waals surface area contributed by atoms with Gasteiger partial charge in [0.05, 0.1) is 40.5 Å². The summed E-state index contributed by atoms with van der Waals surface area (Å²) >= 11 is 7.58. The van der Waals surface area contributed by atoms with Crippen LogP contribution in [0.4, 0.5) is 5.00 Å². The van der Waals surface area contributed by atoms with Gasteiger partial charge in [-0.2, -0.15) is 4.99 Å². The van der Waals surface area contributed by atoms with Crippen molar-refractivity contribution in [2.45, 2.75) is 39.7 Å². The van der Waals surface area contributed by atoms with Crippen molar-refractivity contribution in [3.63, 3.8) is 0 Å². The Hall–Kier alpha value is -1.99. The quantitative estimate of drug-likeness (QED) is 0.237. The number of benzene rings is 1. The number of amides is 2. The second-order valence-electron chi connectivity index (χ2n) is 8.17. The molecule has 1 aromatic carbocycles. The molecule has 0 atom stereocenters.